The molecule has 0 saturated heterocycles. The van der Waals surface area contributed by atoms with Crippen LogP contribution in [0.5, 0.6) is 5.75 Å². The van der Waals surface area contributed by atoms with E-state index in [0.29, 0.717) is 29.2 Å². The second-order valence-corrected chi connectivity index (χ2v) is 7.49. The van der Waals surface area contributed by atoms with Crippen molar-refractivity contribution in [2.45, 2.75) is 40.3 Å². The number of urea groups is 1. The molecular weight excluding hydrogens is 380 g/mol. The van der Waals surface area contributed by atoms with Crippen LogP contribution in [0.3, 0.4) is 0 Å². The summed E-state index contributed by atoms with van der Waals surface area (Å²) in [7, 11) is 0. The van der Waals surface area contributed by atoms with Crippen molar-refractivity contribution in [1.82, 2.24) is 10.6 Å². The van der Waals surface area contributed by atoms with Crippen LogP contribution in [-0.2, 0) is 16.1 Å². The molecule has 0 aliphatic carbocycles. The Morgan fingerprint density at radius 1 is 1.10 bits per heavy atom. The molecule has 0 radical (unpaired) electrons. The van der Waals surface area contributed by atoms with Crippen molar-refractivity contribution < 1.29 is 19.1 Å². The molecule has 0 fully saturated rings. The van der Waals surface area contributed by atoms with Crippen LogP contribution in [0.25, 0.3) is 0 Å². The van der Waals surface area contributed by atoms with Gasteiger partial charge in [0.1, 0.15) is 12.4 Å². The van der Waals surface area contributed by atoms with Crippen LogP contribution in [-0.4, -0.2) is 18.6 Å². The monoisotopic (exact) mass is 408 g/mol. The lowest BCUT2D eigenvalue weighted by Gasteiger charge is -2.31. The van der Waals surface area contributed by atoms with E-state index < -0.39 is 12.0 Å². The molecule has 2 aromatic carbocycles. The molecule has 1 unspecified atom stereocenters. The fraction of sp³-hybridized carbons (Fsp3) is 0.333. The minimum absolute atomic E-state index is 0.0574. The summed E-state index contributed by atoms with van der Waals surface area (Å²) >= 11 is 0. The average molecular weight is 408 g/mol. The molecule has 3 rings (SSSR count). The Hall–Kier alpha value is -3.28. The zero-order valence-electron chi connectivity index (χ0n) is 17.8. The molecule has 158 valence electrons. The third-order valence-corrected chi connectivity index (χ3v) is 5.05. The second kappa shape index (κ2) is 9.48. The summed E-state index contributed by atoms with van der Waals surface area (Å²) in [6.07, 6.45) is 0. The molecule has 2 N–H and O–H groups in total. The van der Waals surface area contributed by atoms with Crippen LogP contribution in [0.4, 0.5) is 4.79 Å². The van der Waals surface area contributed by atoms with Gasteiger partial charge >= 0.3 is 12.0 Å². The van der Waals surface area contributed by atoms with Gasteiger partial charge in [-0.2, -0.15) is 0 Å². The van der Waals surface area contributed by atoms with E-state index in [9.17, 15) is 9.59 Å². The highest BCUT2D eigenvalue weighted by Gasteiger charge is 2.36. The van der Waals surface area contributed by atoms with E-state index in [1.165, 1.54) is 0 Å². The maximum absolute atomic E-state index is 12.8. The molecule has 2 amide bonds. The van der Waals surface area contributed by atoms with Crippen molar-refractivity contribution in [3.63, 3.8) is 0 Å². The minimum atomic E-state index is -0.664. The molecular formula is C24H28N2O4. The van der Waals surface area contributed by atoms with Gasteiger partial charge in [-0.25, -0.2) is 9.59 Å². The van der Waals surface area contributed by atoms with E-state index >= 15 is 0 Å². The lowest BCUT2D eigenvalue weighted by Crippen LogP contribution is -2.47. The molecule has 0 aromatic heterocycles. The molecule has 1 aliphatic rings. The SMILES string of the molecule is CCOC(=O)C1=C(C(C)C)NC(=O)NC1c1ccccc1OCc1ccccc1C. The molecule has 0 spiro atoms. The van der Waals surface area contributed by atoms with Gasteiger partial charge in [-0.1, -0.05) is 56.3 Å². The number of amides is 2. The van der Waals surface area contributed by atoms with Gasteiger partial charge in [0.05, 0.1) is 18.2 Å². The van der Waals surface area contributed by atoms with Gasteiger partial charge < -0.3 is 20.1 Å². The predicted octanol–water partition coefficient (Wildman–Crippen LogP) is 4.40. The Morgan fingerprint density at radius 3 is 2.50 bits per heavy atom. The van der Waals surface area contributed by atoms with Gasteiger partial charge in [0.15, 0.2) is 0 Å². The van der Waals surface area contributed by atoms with E-state index in [-0.39, 0.29) is 18.6 Å². The Kier molecular flexibility index (Phi) is 6.77. The highest BCUT2D eigenvalue weighted by atomic mass is 16.5. The highest BCUT2D eigenvalue weighted by molar-refractivity contribution is 5.95. The number of nitrogens with one attached hydrogen (secondary N) is 2. The normalized spacial score (nSPS) is 16.2. The summed E-state index contributed by atoms with van der Waals surface area (Å²) in [6, 6.07) is 14.4. The smallest absolute Gasteiger partial charge is 0.338 e. The summed E-state index contributed by atoms with van der Waals surface area (Å²) in [6.45, 7) is 8.29. The van der Waals surface area contributed by atoms with Gasteiger partial charge in [-0.3, -0.25) is 0 Å². The number of allylic oxidation sites excluding steroid dienone is 1. The van der Waals surface area contributed by atoms with Gasteiger partial charge in [-0.15, -0.1) is 0 Å². The molecule has 6 nitrogen and oxygen atoms in total. The van der Waals surface area contributed by atoms with Crippen LogP contribution in [0, 0.1) is 12.8 Å². The zero-order valence-corrected chi connectivity index (χ0v) is 17.8. The number of benzene rings is 2. The van der Waals surface area contributed by atoms with Gasteiger partial charge in [-0.05, 0) is 37.0 Å². The van der Waals surface area contributed by atoms with Crippen LogP contribution < -0.4 is 15.4 Å². The van der Waals surface area contributed by atoms with E-state index in [1.807, 2.05) is 69.3 Å². The van der Waals surface area contributed by atoms with Crippen LogP contribution in [0.15, 0.2) is 59.8 Å². The topological polar surface area (TPSA) is 76.7 Å². The first-order valence-electron chi connectivity index (χ1n) is 10.2. The average Bonchev–Trinajstić information content (AvgIpc) is 2.73. The fourth-order valence-corrected chi connectivity index (χ4v) is 3.49. The first-order chi connectivity index (χ1) is 14.4. The minimum Gasteiger partial charge on any atom is -0.489 e. The second-order valence-electron chi connectivity index (χ2n) is 7.49. The van der Waals surface area contributed by atoms with Crippen molar-refractivity contribution in [2.75, 3.05) is 6.61 Å². The zero-order chi connectivity index (χ0) is 21.7. The molecule has 0 saturated carbocycles. The van der Waals surface area contributed by atoms with Crippen LogP contribution >= 0.6 is 0 Å². The van der Waals surface area contributed by atoms with Crippen molar-refractivity contribution in [1.29, 1.82) is 0 Å². The van der Waals surface area contributed by atoms with Crippen molar-refractivity contribution in [3.05, 3.63) is 76.5 Å². The lowest BCUT2D eigenvalue weighted by molar-refractivity contribution is -0.139. The number of aryl methyl sites for hydroxylation is 1. The van der Waals surface area contributed by atoms with E-state index in [4.69, 9.17) is 9.47 Å². The molecule has 6 heteroatoms. The van der Waals surface area contributed by atoms with Crippen molar-refractivity contribution in [2.24, 2.45) is 5.92 Å². The molecule has 1 heterocycles. The predicted molar refractivity (Wildman–Crippen MR) is 115 cm³/mol. The number of esters is 1. The van der Waals surface area contributed by atoms with Crippen LogP contribution in [0.2, 0.25) is 0 Å². The fourth-order valence-electron chi connectivity index (χ4n) is 3.49. The van der Waals surface area contributed by atoms with E-state index in [1.54, 1.807) is 6.92 Å². The number of para-hydroxylation sites is 1. The maximum Gasteiger partial charge on any atom is 0.338 e. The number of hydrogen-bond donors (Lipinski definition) is 2. The molecule has 1 aliphatic heterocycles. The third kappa shape index (κ3) is 4.64. The molecule has 0 bridgehead atoms. The first kappa shape index (κ1) is 21.4. The van der Waals surface area contributed by atoms with Gasteiger partial charge in [0.25, 0.3) is 0 Å². The maximum atomic E-state index is 12.8. The Labute approximate surface area is 177 Å². The van der Waals surface area contributed by atoms with E-state index in [0.717, 1.165) is 11.1 Å². The number of carbonyl (C=O) groups excluding carboxylic acids is 2. The summed E-state index contributed by atoms with van der Waals surface area (Å²) in [4.78, 5) is 25.2. The Balaban J connectivity index is 2.00. The first-order valence-corrected chi connectivity index (χ1v) is 10.2. The molecule has 1 atom stereocenters. The standard InChI is InChI=1S/C24H28N2O4/c1-5-29-23(27)20-21(15(2)3)25-24(28)26-22(20)18-12-8-9-13-19(18)30-14-17-11-7-6-10-16(17)4/h6-13,15,22H,5,14H2,1-4H3,(H2,25,26,28). The number of hydrogen-bond acceptors (Lipinski definition) is 4. The van der Waals surface area contributed by atoms with Crippen LogP contribution in [0.1, 0.15) is 43.5 Å². The third-order valence-electron chi connectivity index (χ3n) is 5.05. The number of ether oxygens (including phenoxy) is 2. The van der Waals surface area contributed by atoms with E-state index in [2.05, 4.69) is 10.6 Å². The molecule has 30 heavy (non-hydrogen) atoms. The Bertz CT molecular complexity index is 965. The van der Waals surface area contributed by atoms with Gasteiger partial charge in [0.2, 0.25) is 0 Å². The number of carbonyl (C=O) groups is 2. The summed E-state index contributed by atoms with van der Waals surface area (Å²) in [5.74, 6) is 0.100. The van der Waals surface area contributed by atoms with Crippen molar-refractivity contribution >= 4 is 12.0 Å². The van der Waals surface area contributed by atoms with Crippen molar-refractivity contribution in [3.8, 4) is 5.75 Å². The number of rotatable bonds is 7. The molecule has 2 aromatic rings. The van der Waals surface area contributed by atoms with Gasteiger partial charge in [0, 0.05) is 11.3 Å². The summed E-state index contributed by atoms with van der Waals surface area (Å²) < 4.78 is 11.4. The Morgan fingerprint density at radius 2 is 1.80 bits per heavy atom. The summed E-state index contributed by atoms with van der Waals surface area (Å²) in [5.41, 5.74) is 3.89. The quantitative estimate of drug-likeness (QED) is 0.666. The lowest BCUT2D eigenvalue weighted by atomic mass is 9.91. The largest absolute Gasteiger partial charge is 0.489 e. The summed E-state index contributed by atoms with van der Waals surface area (Å²) in [5, 5.41) is 5.65. The highest BCUT2D eigenvalue weighted by Crippen LogP contribution is 2.35.